The van der Waals surface area contributed by atoms with Gasteiger partial charge in [-0.25, -0.2) is 9.78 Å². The van der Waals surface area contributed by atoms with Gasteiger partial charge in [-0.1, -0.05) is 23.7 Å². The van der Waals surface area contributed by atoms with E-state index in [1.807, 2.05) is 0 Å². The number of carbonyl (C=O) groups is 3. The molecule has 2 aromatic carbocycles. The number of aromatic nitrogens is 1. The van der Waals surface area contributed by atoms with E-state index in [-0.39, 0.29) is 29.8 Å². The van der Waals surface area contributed by atoms with Gasteiger partial charge in [0.25, 0.3) is 5.91 Å². The molecule has 48 heavy (non-hydrogen) atoms. The van der Waals surface area contributed by atoms with E-state index in [1.54, 1.807) is 75.4 Å². The zero-order valence-corrected chi connectivity index (χ0v) is 27.6. The number of anilines is 2. The van der Waals surface area contributed by atoms with Gasteiger partial charge in [-0.15, -0.1) is 0 Å². The summed E-state index contributed by atoms with van der Waals surface area (Å²) in [5, 5.41) is 19.1. The number of amides is 3. The zero-order chi connectivity index (χ0) is 34.5. The Hall–Kier alpha value is -5.38. The van der Waals surface area contributed by atoms with Crippen LogP contribution in [0.3, 0.4) is 0 Å². The molecule has 1 fully saturated rings. The van der Waals surface area contributed by atoms with Gasteiger partial charge >= 0.3 is 6.09 Å². The van der Waals surface area contributed by atoms with Crippen LogP contribution in [-0.4, -0.2) is 47.9 Å². The highest BCUT2D eigenvalue weighted by molar-refractivity contribution is 6.30. The summed E-state index contributed by atoms with van der Waals surface area (Å²) >= 11 is 6.26. The molecule has 2 heterocycles. The number of ether oxygens (including phenoxy) is 3. The Bertz CT molecular complexity index is 1880. The van der Waals surface area contributed by atoms with Crippen molar-refractivity contribution in [2.75, 3.05) is 24.5 Å². The van der Waals surface area contributed by atoms with Crippen molar-refractivity contribution in [1.29, 1.82) is 5.26 Å². The third-order valence-corrected chi connectivity index (χ3v) is 7.71. The maximum atomic E-state index is 13.5. The molecule has 0 spiro atoms. The third-order valence-electron chi connectivity index (χ3n) is 7.47. The lowest BCUT2D eigenvalue weighted by atomic mass is 9.76. The largest absolute Gasteiger partial charge is 0.467 e. The van der Waals surface area contributed by atoms with Crippen LogP contribution in [0.4, 0.5) is 16.3 Å². The van der Waals surface area contributed by atoms with E-state index < -0.39 is 23.1 Å². The number of carbonyl (C=O) groups excluding carboxylic acids is 3. The van der Waals surface area contributed by atoms with Crippen LogP contribution in [0, 0.1) is 11.3 Å². The Kier molecular flexibility index (Phi) is 10.0. The van der Waals surface area contributed by atoms with Crippen molar-refractivity contribution in [2.45, 2.75) is 51.2 Å². The second-order valence-electron chi connectivity index (χ2n) is 12.1. The summed E-state index contributed by atoms with van der Waals surface area (Å²) in [7, 11) is 1.48. The number of methoxy groups -OCH3 is 1. The molecule has 0 radical (unpaired) electrons. The molecule has 13 heteroatoms. The normalized spacial score (nSPS) is 13.4. The molecule has 4 aromatic rings. The standard InChI is InChI=1S/C35H34ClN5O7/c1-34(2,3)48-33(44)41-35(13-7-14-35)32(43)38-23-9-5-8-21(16-23)25-18-27(24-12-11-22(36)17-29(24)47-20-45-4)39-30(26(25)19-37)40-31(42)28-10-6-15-46-28/h5-6,8-12,15-18H,7,13-14,20H2,1-4H3,(H,38,43)(H,41,44)(H,39,40,42). The van der Waals surface area contributed by atoms with E-state index in [9.17, 15) is 19.6 Å². The first-order valence-electron chi connectivity index (χ1n) is 15.1. The molecular formula is C35H34ClN5O7. The van der Waals surface area contributed by atoms with E-state index in [1.165, 1.54) is 19.4 Å². The molecule has 1 aliphatic rings. The van der Waals surface area contributed by atoms with Crippen molar-refractivity contribution < 1.29 is 33.0 Å². The van der Waals surface area contributed by atoms with E-state index in [0.29, 0.717) is 51.7 Å². The number of hydrogen-bond acceptors (Lipinski definition) is 9. The number of nitrogens with zero attached hydrogens (tertiary/aromatic N) is 2. The van der Waals surface area contributed by atoms with Crippen LogP contribution >= 0.6 is 11.6 Å². The molecule has 0 atom stereocenters. The Balaban J connectivity index is 1.54. The summed E-state index contributed by atoms with van der Waals surface area (Å²) in [6.07, 6.45) is 2.37. The van der Waals surface area contributed by atoms with E-state index in [2.05, 4.69) is 27.0 Å². The lowest BCUT2D eigenvalue weighted by molar-refractivity contribution is -0.125. The summed E-state index contributed by atoms with van der Waals surface area (Å²) in [5.41, 5.74) is 0.471. The molecule has 1 saturated carbocycles. The van der Waals surface area contributed by atoms with Gasteiger partial charge in [-0.2, -0.15) is 5.26 Å². The van der Waals surface area contributed by atoms with Crippen LogP contribution < -0.4 is 20.7 Å². The first-order valence-corrected chi connectivity index (χ1v) is 15.4. The Morgan fingerprint density at radius 2 is 1.83 bits per heavy atom. The Morgan fingerprint density at radius 3 is 2.48 bits per heavy atom. The highest BCUT2D eigenvalue weighted by Crippen LogP contribution is 2.38. The fourth-order valence-electron chi connectivity index (χ4n) is 5.09. The average molecular weight is 672 g/mol. The number of nitrogens with one attached hydrogen (secondary N) is 3. The minimum Gasteiger partial charge on any atom is -0.467 e. The number of furan rings is 1. The number of rotatable bonds is 10. The first-order chi connectivity index (χ1) is 22.9. The number of alkyl carbamates (subject to hydrolysis) is 1. The van der Waals surface area contributed by atoms with Gasteiger partial charge in [-0.3, -0.25) is 9.59 Å². The van der Waals surface area contributed by atoms with Gasteiger partial charge in [0, 0.05) is 28.9 Å². The minimum absolute atomic E-state index is 0.0246. The van der Waals surface area contributed by atoms with Crippen molar-refractivity contribution >= 4 is 41.0 Å². The molecule has 0 bridgehead atoms. The highest BCUT2D eigenvalue weighted by atomic mass is 35.5. The second kappa shape index (κ2) is 14.2. The summed E-state index contributed by atoms with van der Waals surface area (Å²) in [6, 6.07) is 18.7. The second-order valence-corrected chi connectivity index (χ2v) is 12.5. The lowest BCUT2D eigenvalue weighted by Crippen LogP contribution is -2.61. The number of nitriles is 1. The highest BCUT2D eigenvalue weighted by Gasteiger charge is 2.46. The van der Waals surface area contributed by atoms with Crippen molar-refractivity contribution in [3.8, 4) is 34.2 Å². The van der Waals surface area contributed by atoms with Gasteiger partial charge in [0.2, 0.25) is 5.91 Å². The predicted octanol–water partition coefficient (Wildman–Crippen LogP) is 7.15. The Morgan fingerprint density at radius 1 is 1.04 bits per heavy atom. The maximum absolute atomic E-state index is 13.5. The van der Waals surface area contributed by atoms with Gasteiger partial charge in [0.1, 0.15) is 28.5 Å². The molecule has 3 amide bonds. The van der Waals surface area contributed by atoms with E-state index in [0.717, 1.165) is 6.42 Å². The molecule has 5 rings (SSSR count). The molecule has 3 N–H and O–H groups in total. The van der Waals surface area contributed by atoms with Gasteiger partial charge in [0.05, 0.1) is 12.0 Å². The molecule has 0 aliphatic heterocycles. The number of benzene rings is 2. The van der Waals surface area contributed by atoms with Crippen LogP contribution in [0.5, 0.6) is 5.75 Å². The summed E-state index contributed by atoms with van der Waals surface area (Å²) in [6.45, 7) is 5.18. The topological polar surface area (TPSA) is 165 Å². The number of halogens is 1. The first kappa shape index (κ1) is 34.0. The number of hydrogen-bond donors (Lipinski definition) is 3. The molecule has 12 nitrogen and oxygen atoms in total. The van der Waals surface area contributed by atoms with Crippen molar-refractivity contribution in [1.82, 2.24) is 10.3 Å². The fourth-order valence-corrected chi connectivity index (χ4v) is 5.26. The molecular weight excluding hydrogens is 638 g/mol. The average Bonchev–Trinajstić information content (AvgIpc) is 3.56. The van der Waals surface area contributed by atoms with Gasteiger partial charge < -0.3 is 34.6 Å². The van der Waals surface area contributed by atoms with Crippen LogP contribution in [0.1, 0.15) is 56.2 Å². The zero-order valence-electron chi connectivity index (χ0n) is 26.8. The molecule has 2 aromatic heterocycles. The van der Waals surface area contributed by atoms with Crippen LogP contribution in [0.2, 0.25) is 5.02 Å². The van der Waals surface area contributed by atoms with Crippen molar-refractivity contribution in [2.24, 2.45) is 0 Å². The summed E-state index contributed by atoms with van der Waals surface area (Å²) in [4.78, 5) is 43.8. The molecule has 248 valence electrons. The van der Waals surface area contributed by atoms with E-state index in [4.69, 9.17) is 30.2 Å². The lowest BCUT2D eigenvalue weighted by Gasteiger charge is -2.40. The van der Waals surface area contributed by atoms with Crippen molar-refractivity contribution in [3.05, 3.63) is 83.3 Å². The third kappa shape index (κ3) is 7.76. The molecule has 0 unspecified atom stereocenters. The summed E-state index contributed by atoms with van der Waals surface area (Å²) in [5.74, 6) is -0.634. The Labute approximate surface area is 282 Å². The smallest absolute Gasteiger partial charge is 0.408 e. The monoisotopic (exact) mass is 671 g/mol. The van der Waals surface area contributed by atoms with E-state index >= 15 is 0 Å². The predicted molar refractivity (Wildman–Crippen MR) is 179 cm³/mol. The summed E-state index contributed by atoms with van der Waals surface area (Å²) < 4.78 is 21.5. The van der Waals surface area contributed by atoms with Crippen molar-refractivity contribution in [3.63, 3.8) is 0 Å². The van der Waals surface area contributed by atoms with Gasteiger partial charge in [0.15, 0.2) is 18.4 Å². The van der Waals surface area contributed by atoms with Gasteiger partial charge in [-0.05, 0) is 94.1 Å². The minimum atomic E-state index is -1.11. The fraction of sp³-hybridized carbons (Fsp3) is 0.286. The SMILES string of the molecule is COCOc1cc(Cl)ccc1-c1cc(-c2cccc(NC(=O)C3(NC(=O)OC(C)(C)C)CCC3)c2)c(C#N)c(NC(=O)c2ccco2)n1. The molecule has 0 saturated heterocycles. The maximum Gasteiger partial charge on any atom is 0.408 e. The van der Waals surface area contributed by atoms with Crippen LogP contribution in [-0.2, 0) is 14.3 Å². The van der Waals surface area contributed by atoms with Crippen LogP contribution in [0.25, 0.3) is 22.4 Å². The molecule has 1 aliphatic carbocycles. The number of pyridine rings is 1. The quantitative estimate of drug-likeness (QED) is 0.148. The van der Waals surface area contributed by atoms with Crippen LogP contribution in [0.15, 0.2) is 71.3 Å².